The average molecular weight is 641 g/mol. The van der Waals surface area contributed by atoms with Gasteiger partial charge in [0.1, 0.15) is 29.1 Å². The van der Waals surface area contributed by atoms with Crippen molar-refractivity contribution >= 4 is 29.6 Å². The first kappa shape index (κ1) is 35.4. The number of nitrogens with one attached hydrogen (secondary N) is 2. The predicted molar refractivity (Wildman–Crippen MR) is 168 cm³/mol. The SMILES string of the molecule is Cc1cc(C[C@H](NC(=O)COc2ccc(C3=[N+]([O-])C(C)(C)C(C)(C)N3[O])cc2)C(=O)N[C@@H](CCCN=C(N)N)C(=O)O)ccc1O. The van der Waals surface area contributed by atoms with Gasteiger partial charge in [0.15, 0.2) is 18.1 Å². The first-order valence-electron chi connectivity index (χ1n) is 14.7. The maximum absolute atomic E-state index is 13.3. The number of phenolic OH excluding ortho intramolecular Hbond substituents is 1. The maximum Gasteiger partial charge on any atom is 0.326 e. The van der Waals surface area contributed by atoms with Gasteiger partial charge in [0.25, 0.3) is 5.91 Å². The number of guanidine groups is 1. The van der Waals surface area contributed by atoms with Crippen LogP contribution in [0, 0.1) is 12.1 Å². The lowest BCUT2D eigenvalue weighted by atomic mass is 9.84. The van der Waals surface area contributed by atoms with Gasteiger partial charge in [0.05, 0.1) is 5.56 Å². The first-order chi connectivity index (χ1) is 21.4. The molecule has 15 heteroatoms. The molecule has 3 rings (SSSR count). The molecule has 2 aromatic rings. The number of nitrogens with zero attached hydrogens (tertiary/aromatic N) is 3. The van der Waals surface area contributed by atoms with Crippen LogP contribution >= 0.6 is 0 Å². The van der Waals surface area contributed by atoms with Crippen LogP contribution in [0.2, 0.25) is 0 Å². The highest BCUT2D eigenvalue weighted by Crippen LogP contribution is 2.37. The molecule has 0 saturated heterocycles. The van der Waals surface area contributed by atoms with E-state index in [0.717, 1.165) is 0 Å². The summed E-state index contributed by atoms with van der Waals surface area (Å²) in [5.41, 5.74) is 10.2. The molecule has 0 unspecified atom stereocenters. The highest BCUT2D eigenvalue weighted by atomic mass is 16.5. The summed E-state index contributed by atoms with van der Waals surface area (Å²) in [4.78, 5) is 41.8. The van der Waals surface area contributed by atoms with E-state index in [0.29, 0.717) is 26.5 Å². The molecule has 2 atom stereocenters. The monoisotopic (exact) mass is 640 g/mol. The Morgan fingerprint density at radius 3 is 2.26 bits per heavy atom. The molecule has 2 aromatic carbocycles. The van der Waals surface area contributed by atoms with Crippen LogP contribution in [0.3, 0.4) is 0 Å². The fraction of sp³-hybridized carbons (Fsp3) is 0.452. The van der Waals surface area contributed by atoms with Crippen molar-refractivity contribution in [2.24, 2.45) is 16.5 Å². The zero-order chi connectivity index (χ0) is 34.4. The number of rotatable bonds is 14. The molecule has 46 heavy (non-hydrogen) atoms. The van der Waals surface area contributed by atoms with Crippen LogP contribution in [0.15, 0.2) is 47.5 Å². The highest BCUT2D eigenvalue weighted by molar-refractivity contribution is 5.96. The number of amidine groups is 1. The molecule has 8 N–H and O–H groups in total. The molecule has 1 heterocycles. The Bertz CT molecular complexity index is 1500. The van der Waals surface area contributed by atoms with Crippen LogP contribution in [0.5, 0.6) is 11.5 Å². The Hall–Kier alpha value is -5.05. The van der Waals surface area contributed by atoms with Crippen LogP contribution in [0.1, 0.15) is 57.2 Å². The topological polar surface area (TPSA) is 239 Å². The fourth-order valence-corrected chi connectivity index (χ4v) is 4.75. The Morgan fingerprint density at radius 2 is 1.72 bits per heavy atom. The number of carbonyl (C=O) groups is 3. The average Bonchev–Trinajstić information content (AvgIpc) is 3.10. The summed E-state index contributed by atoms with van der Waals surface area (Å²) in [6.45, 7) is 8.15. The number of nitrogens with two attached hydrogens (primary N) is 2. The van der Waals surface area contributed by atoms with Gasteiger partial charge in [-0.15, -0.1) is 0 Å². The molecular formula is C31H42N7O8. The molecule has 0 bridgehead atoms. The Kier molecular flexibility index (Phi) is 11.1. The summed E-state index contributed by atoms with van der Waals surface area (Å²) in [6.07, 6.45) is 0.319. The summed E-state index contributed by atoms with van der Waals surface area (Å²) in [6, 6.07) is 8.37. The van der Waals surface area contributed by atoms with E-state index in [2.05, 4.69) is 15.6 Å². The number of phenols is 1. The van der Waals surface area contributed by atoms with Crippen molar-refractivity contribution in [2.75, 3.05) is 13.2 Å². The van der Waals surface area contributed by atoms with E-state index >= 15 is 0 Å². The Labute approximate surface area is 267 Å². The number of hydrogen-bond acceptors (Lipinski definition) is 8. The molecule has 2 amide bonds. The lowest BCUT2D eigenvalue weighted by molar-refractivity contribution is -0.539. The second-order valence-corrected chi connectivity index (χ2v) is 12.1. The molecule has 249 valence electrons. The van der Waals surface area contributed by atoms with Crippen LogP contribution < -0.4 is 26.8 Å². The second-order valence-electron chi connectivity index (χ2n) is 12.1. The number of carboxylic acids is 1. The molecule has 1 radical (unpaired) electrons. The quantitative estimate of drug-likeness (QED) is 0.0561. The number of aliphatic carboxylic acids is 1. The zero-order valence-corrected chi connectivity index (χ0v) is 26.6. The third-order valence-electron chi connectivity index (χ3n) is 8.29. The number of aryl methyl sites for hydroxylation is 1. The van der Waals surface area contributed by atoms with E-state index in [9.17, 15) is 35.0 Å². The van der Waals surface area contributed by atoms with Crippen molar-refractivity contribution in [1.82, 2.24) is 15.7 Å². The number of hydrogen-bond donors (Lipinski definition) is 6. The molecule has 15 nitrogen and oxygen atoms in total. The van der Waals surface area contributed by atoms with Crippen molar-refractivity contribution in [3.05, 3.63) is 64.4 Å². The van der Waals surface area contributed by atoms with E-state index in [1.54, 1.807) is 58.9 Å². The molecule has 0 aromatic heterocycles. The van der Waals surface area contributed by atoms with E-state index in [1.807, 2.05) is 0 Å². The van der Waals surface area contributed by atoms with Gasteiger partial charge < -0.3 is 42.3 Å². The smallest absolute Gasteiger partial charge is 0.326 e. The van der Waals surface area contributed by atoms with Crippen molar-refractivity contribution < 1.29 is 39.3 Å². The second kappa shape index (κ2) is 14.4. The number of benzene rings is 2. The van der Waals surface area contributed by atoms with E-state index in [4.69, 9.17) is 16.2 Å². The third kappa shape index (κ3) is 8.15. The summed E-state index contributed by atoms with van der Waals surface area (Å²) < 4.78 is 6.29. The molecule has 0 fully saturated rings. The van der Waals surface area contributed by atoms with Crippen LogP contribution in [-0.2, 0) is 26.0 Å². The fourth-order valence-electron chi connectivity index (χ4n) is 4.75. The molecule has 0 spiro atoms. The lowest BCUT2D eigenvalue weighted by Crippen LogP contribution is -2.53. The van der Waals surface area contributed by atoms with Gasteiger partial charge in [-0.2, -0.15) is 0 Å². The minimum Gasteiger partial charge on any atom is -0.714 e. The summed E-state index contributed by atoms with van der Waals surface area (Å²) in [5, 5.41) is 51.2. The molecule has 0 aliphatic carbocycles. The number of carboxylic acid groups (broad SMARTS) is 1. The minimum atomic E-state index is -1.27. The van der Waals surface area contributed by atoms with E-state index in [-0.39, 0.29) is 49.1 Å². The summed E-state index contributed by atoms with van der Waals surface area (Å²) >= 11 is 0. The number of ether oxygens (including phenoxy) is 1. The van der Waals surface area contributed by atoms with Crippen LogP contribution in [-0.4, -0.2) is 85.9 Å². The van der Waals surface area contributed by atoms with Crippen molar-refractivity contribution in [2.45, 2.75) is 77.0 Å². The standard InChI is InChI=1S/C31H42N7O8/c1-18-15-19(8-13-24(18)39)16-23(26(41)36-22(28(42)43)7-6-14-34-29(32)33)35-25(40)17-46-21-11-9-20(10-12-21)27-37(44)30(2,3)31(4,5)38(27)45/h8-13,15,22-23,39H,6-7,14,16-17H2,1-5H3,(H,35,40)(H,36,41)(H,42,43)(H4,32,33,34)/t22-,23-/m0/s1. The first-order valence-corrected chi connectivity index (χ1v) is 14.7. The number of carbonyl (C=O) groups excluding carboxylic acids is 2. The van der Waals surface area contributed by atoms with Gasteiger partial charge in [0, 0.05) is 18.2 Å². The lowest BCUT2D eigenvalue weighted by Gasteiger charge is -2.32. The van der Waals surface area contributed by atoms with Gasteiger partial charge in [-0.25, -0.2) is 4.79 Å². The van der Waals surface area contributed by atoms with E-state index < -0.39 is 47.6 Å². The Balaban J connectivity index is 1.70. The largest absolute Gasteiger partial charge is 0.714 e. The number of hydroxylamine groups is 3. The van der Waals surface area contributed by atoms with Gasteiger partial charge >= 0.3 is 11.8 Å². The van der Waals surface area contributed by atoms with Crippen molar-refractivity contribution in [3.8, 4) is 11.5 Å². The van der Waals surface area contributed by atoms with Gasteiger partial charge in [-0.1, -0.05) is 17.2 Å². The predicted octanol–water partition coefficient (Wildman–Crippen LogP) is 0.905. The zero-order valence-electron chi connectivity index (χ0n) is 26.6. The molecule has 1 aliphatic heterocycles. The molecule has 0 saturated carbocycles. The van der Waals surface area contributed by atoms with Crippen molar-refractivity contribution in [3.63, 3.8) is 0 Å². The summed E-state index contributed by atoms with van der Waals surface area (Å²) in [5.74, 6) is -2.50. The van der Waals surface area contributed by atoms with Crippen molar-refractivity contribution in [1.29, 1.82) is 0 Å². The van der Waals surface area contributed by atoms with Gasteiger partial charge in [0.2, 0.25) is 5.91 Å². The van der Waals surface area contributed by atoms with Gasteiger partial charge in [-0.05, 0) is 88.9 Å². The minimum absolute atomic E-state index is 0.00354. The van der Waals surface area contributed by atoms with Crippen LogP contribution in [0.4, 0.5) is 0 Å². The van der Waals surface area contributed by atoms with Gasteiger partial charge in [-0.3, -0.25) is 19.3 Å². The van der Waals surface area contributed by atoms with Crippen LogP contribution in [0.25, 0.3) is 0 Å². The van der Waals surface area contributed by atoms with E-state index in [1.165, 1.54) is 18.2 Å². The number of aromatic hydroxyl groups is 1. The maximum atomic E-state index is 13.3. The number of aliphatic imine (C=N–C) groups is 1. The summed E-state index contributed by atoms with van der Waals surface area (Å²) in [7, 11) is 0. The molecule has 1 aliphatic rings. The Morgan fingerprint density at radius 1 is 1.07 bits per heavy atom. The third-order valence-corrected chi connectivity index (χ3v) is 8.29. The number of amides is 2. The highest BCUT2D eigenvalue weighted by Gasteiger charge is 2.59. The normalized spacial score (nSPS) is 16.3. The molecular weight excluding hydrogens is 598 g/mol.